The minimum absolute atomic E-state index is 0.884. The van der Waals surface area contributed by atoms with Crippen LogP contribution in [0, 0.1) is 5.92 Å². The lowest BCUT2D eigenvalue weighted by atomic mass is 10.2. The van der Waals surface area contributed by atoms with Crippen molar-refractivity contribution in [1.82, 2.24) is 0 Å². The summed E-state index contributed by atoms with van der Waals surface area (Å²) in [5.41, 5.74) is 0. The summed E-state index contributed by atoms with van der Waals surface area (Å²) >= 11 is 0. The van der Waals surface area contributed by atoms with Crippen molar-refractivity contribution in [3.63, 3.8) is 0 Å². The molecule has 46 valence electrons. The van der Waals surface area contributed by atoms with E-state index in [0.717, 1.165) is 5.92 Å². The molecule has 0 bridgehead atoms. The molecule has 0 unspecified atom stereocenters. The predicted octanol–water partition coefficient (Wildman–Crippen LogP) is 1.39. The first-order chi connectivity index (χ1) is 3.27. The summed E-state index contributed by atoms with van der Waals surface area (Å²) < 4.78 is 0. The molecule has 3 N–H and O–H groups in total. The van der Waals surface area contributed by atoms with E-state index in [4.69, 9.17) is 5.21 Å². The van der Waals surface area contributed by atoms with Crippen LogP contribution in [0.1, 0.15) is 27.2 Å². The van der Waals surface area contributed by atoms with E-state index in [1.54, 1.807) is 0 Å². The summed E-state index contributed by atoms with van der Waals surface area (Å²) in [4.78, 5) is 0. The average molecular weight is 105 g/mol. The maximum atomic E-state index is 6.50. The Hall–Kier alpha value is -0.0800. The van der Waals surface area contributed by atoms with Crippen LogP contribution in [-0.4, -0.2) is 5.21 Å². The normalized spacial score (nSPS) is 7.71. The fourth-order valence-corrected chi connectivity index (χ4v) is 0. The van der Waals surface area contributed by atoms with Gasteiger partial charge in [-0.05, 0) is 5.92 Å². The third-order valence-electron chi connectivity index (χ3n) is 0.816. The molecule has 0 aromatic heterocycles. The third-order valence-corrected chi connectivity index (χ3v) is 0.816. The second kappa shape index (κ2) is 9.33. The molecule has 0 fully saturated rings. The summed E-state index contributed by atoms with van der Waals surface area (Å²) in [6.07, 6.45) is 1.31. The van der Waals surface area contributed by atoms with Crippen LogP contribution in [0.25, 0.3) is 0 Å². The van der Waals surface area contributed by atoms with Crippen LogP contribution in [0.2, 0.25) is 0 Å². The molecule has 0 saturated carbocycles. The van der Waals surface area contributed by atoms with E-state index in [-0.39, 0.29) is 0 Å². The molecular weight excluding hydrogens is 90.1 g/mol. The van der Waals surface area contributed by atoms with Crippen molar-refractivity contribution in [1.29, 1.82) is 0 Å². The van der Waals surface area contributed by atoms with Crippen molar-refractivity contribution in [2.45, 2.75) is 27.2 Å². The van der Waals surface area contributed by atoms with Gasteiger partial charge in [0.05, 0.1) is 0 Å². The Kier molecular flexibility index (Phi) is 13.3. The molecule has 7 heavy (non-hydrogen) atoms. The van der Waals surface area contributed by atoms with Gasteiger partial charge in [0.2, 0.25) is 0 Å². The van der Waals surface area contributed by atoms with Gasteiger partial charge in [0, 0.05) is 0 Å². The van der Waals surface area contributed by atoms with E-state index < -0.39 is 0 Å². The van der Waals surface area contributed by atoms with Gasteiger partial charge in [0.15, 0.2) is 0 Å². The van der Waals surface area contributed by atoms with Gasteiger partial charge in [0.25, 0.3) is 0 Å². The van der Waals surface area contributed by atoms with Gasteiger partial charge < -0.3 is 5.21 Å². The zero-order valence-corrected chi connectivity index (χ0v) is 5.31. The Labute approximate surface area is 45.3 Å². The van der Waals surface area contributed by atoms with Crippen molar-refractivity contribution >= 4 is 0 Å². The molecule has 0 aliphatic carbocycles. The van der Waals surface area contributed by atoms with Gasteiger partial charge >= 0.3 is 0 Å². The standard InChI is InChI=1S/C5H12.H3NO/c1-4-5(2)3;1-2/h5H,4H2,1-3H3;2H,1H2. The monoisotopic (exact) mass is 105 g/mol. The fraction of sp³-hybridized carbons (Fsp3) is 1.00. The summed E-state index contributed by atoms with van der Waals surface area (Å²) in [6.45, 7) is 6.64. The lowest BCUT2D eigenvalue weighted by Gasteiger charge is -1.90. The van der Waals surface area contributed by atoms with Crippen LogP contribution in [0.3, 0.4) is 0 Å². The van der Waals surface area contributed by atoms with Gasteiger partial charge in [-0.2, -0.15) is 0 Å². The Morgan fingerprint density at radius 1 is 1.43 bits per heavy atom. The van der Waals surface area contributed by atoms with Crippen LogP contribution >= 0.6 is 0 Å². The molecular formula is C5H15NO. The number of rotatable bonds is 1. The molecule has 0 amide bonds. The Morgan fingerprint density at radius 2 is 1.57 bits per heavy atom. The average Bonchev–Trinajstić information content (AvgIpc) is 1.73. The van der Waals surface area contributed by atoms with E-state index in [2.05, 4.69) is 26.7 Å². The first kappa shape index (κ1) is 10.0. The first-order valence-electron chi connectivity index (χ1n) is 2.53. The van der Waals surface area contributed by atoms with E-state index in [9.17, 15) is 0 Å². The molecule has 0 aromatic carbocycles. The highest BCUT2D eigenvalue weighted by atomic mass is 16.4. The summed E-state index contributed by atoms with van der Waals surface area (Å²) in [7, 11) is 0. The summed E-state index contributed by atoms with van der Waals surface area (Å²) in [6, 6.07) is 0. The van der Waals surface area contributed by atoms with Crippen LogP contribution in [0.4, 0.5) is 0 Å². The largest absolute Gasteiger partial charge is 0.320 e. The molecule has 0 heterocycles. The minimum atomic E-state index is 0.884. The van der Waals surface area contributed by atoms with Crippen molar-refractivity contribution in [3.05, 3.63) is 0 Å². The second-order valence-electron chi connectivity index (χ2n) is 1.80. The lowest BCUT2D eigenvalue weighted by Crippen LogP contribution is -1.77. The minimum Gasteiger partial charge on any atom is -0.320 e. The number of hydrogen-bond donors (Lipinski definition) is 2. The van der Waals surface area contributed by atoms with E-state index in [1.807, 2.05) is 0 Å². The Bertz CT molecular complexity index is 22.0. The van der Waals surface area contributed by atoms with Crippen molar-refractivity contribution < 1.29 is 5.21 Å². The van der Waals surface area contributed by atoms with Gasteiger partial charge in [0.1, 0.15) is 0 Å². The van der Waals surface area contributed by atoms with Crippen molar-refractivity contribution in [2.75, 3.05) is 0 Å². The smallest absolute Gasteiger partial charge is 0.0474 e. The maximum Gasteiger partial charge on any atom is -0.0474 e. The molecule has 0 aliphatic heterocycles. The second-order valence-corrected chi connectivity index (χ2v) is 1.80. The SMILES string of the molecule is CCC(C)C.NO. The Morgan fingerprint density at radius 3 is 1.57 bits per heavy atom. The number of nitrogens with two attached hydrogens (primary N) is 1. The van der Waals surface area contributed by atoms with Crippen LogP contribution < -0.4 is 5.90 Å². The first-order valence-corrected chi connectivity index (χ1v) is 2.53. The highest BCUT2D eigenvalue weighted by Gasteiger charge is 1.80. The molecule has 0 saturated heterocycles. The molecule has 0 aliphatic rings. The van der Waals surface area contributed by atoms with Gasteiger partial charge in [-0.25, -0.2) is 5.90 Å². The van der Waals surface area contributed by atoms with Crippen LogP contribution in [0.15, 0.2) is 0 Å². The Balaban J connectivity index is 0. The summed E-state index contributed by atoms with van der Waals surface area (Å²) in [5.74, 6) is 4.38. The molecule has 2 heteroatoms. The van der Waals surface area contributed by atoms with E-state index in [1.165, 1.54) is 6.42 Å². The van der Waals surface area contributed by atoms with Crippen LogP contribution in [-0.2, 0) is 0 Å². The topological polar surface area (TPSA) is 46.2 Å². The third kappa shape index (κ3) is 24.7. The highest BCUT2D eigenvalue weighted by molar-refractivity contribution is 4.32. The van der Waals surface area contributed by atoms with Gasteiger partial charge in [-0.3, -0.25) is 0 Å². The van der Waals surface area contributed by atoms with Crippen LogP contribution in [0.5, 0.6) is 0 Å². The van der Waals surface area contributed by atoms with Gasteiger partial charge in [-0.1, -0.05) is 27.2 Å². The van der Waals surface area contributed by atoms with Gasteiger partial charge in [-0.15, -0.1) is 0 Å². The molecule has 2 nitrogen and oxygen atoms in total. The quantitative estimate of drug-likeness (QED) is 0.495. The molecule has 0 spiro atoms. The van der Waals surface area contributed by atoms with E-state index >= 15 is 0 Å². The maximum absolute atomic E-state index is 6.50. The number of hydrogen-bond acceptors (Lipinski definition) is 2. The fourth-order valence-electron chi connectivity index (χ4n) is 0. The molecule has 0 atom stereocenters. The van der Waals surface area contributed by atoms with Crippen molar-refractivity contribution in [3.8, 4) is 0 Å². The predicted molar refractivity (Wildman–Crippen MR) is 31.1 cm³/mol. The zero-order chi connectivity index (χ0) is 6.28. The van der Waals surface area contributed by atoms with E-state index in [0.29, 0.717) is 0 Å². The highest BCUT2D eigenvalue weighted by Crippen LogP contribution is 1.93. The molecule has 0 rings (SSSR count). The summed E-state index contributed by atoms with van der Waals surface area (Å²) in [5, 5.41) is 6.50. The van der Waals surface area contributed by atoms with Crippen molar-refractivity contribution in [2.24, 2.45) is 11.8 Å². The zero-order valence-electron chi connectivity index (χ0n) is 5.31. The molecule has 0 aromatic rings. The lowest BCUT2D eigenvalue weighted by molar-refractivity contribution is 0.311. The molecule has 0 radical (unpaired) electrons.